The minimum Gasteiger partial charge on any atom is -0.311 e. The molecule has 82 valence electrons. The van der Waals surface area contributed by atoms with E-state index in [1.165, 1.54) is 0 Å². The lowest BCUT2D eigenvalue weighted by Gasteiger charge is -2.19. The van der Waals surface area contributed by atoms with Crippen LogP contribution in [0.25, 0.3) is 0 Å². The first-order valence-electron chi connectivity index (χ1n) is 5.45. The maximum atomic E-state index is 11.8. The fraction of sp³-hybridized carbons (Fsp3) is 0.357. The van der Waals surface area contributed by atoms with Crippen molar-refractivity contribution in [1.29, 1.82) is 0 Å². The highest BCUT2D eigenvalue weighted by Gasteiger charge is 2.29. The molecule has 1 aliphatic heterocycles. The molecule has 16 heavy (non-hydrogen) atoms. The predicted octanol–water partition coefficient (Wildman–Crippen LogP) is 2.29. The van der Waals surface area contributed by atoms with Crippen molar-refractivity contribution in [2.24, 2.45) is 5.92 Å². The van der Waals surface area contributed by atoms with Gasteiger partial charge in [-0.3, -0.25) is 4.79 Å². The van der Waals surface area contributed by atoms with Gasteiger partial charge in [-0.25, -0.2) is 0 Å². The molecule has 0 saturated carbocycles. The topological polar surface area (TPSA) is 20.3 Å². The summed E-state index contributed by atoms with van der Waals surface area (Å²) in [6.45, 7) is 4.70. The number of hydrogen-bond acceptors (Lipinski definition) is 1. The molecule has 0 radical (unpaired) electrons. The summed E-state index contributed by atoms with van der Waals surface area (Å²) in [5.74, 6) is 2.86. The van der Waals surface area contributed by atoms with Gasteiger partial charge in [-0.05, 0) is 31.0 Å². The highest BCUT2D eigenvalue weighted by Crippen LogP contribution is 2.28. The van der Waals surface area contributed by atoms with Gasteiger partial charge < -0.3 is 4.90 Å². The highest BCUT2D eigenvalue weighted by atomic mass is 16.2. The lowest BCUT2D eigenvalue weighted by molar-refractivity contribution is -0.117. The molecule has 0 spiro atoms. The van der Waals surface area contributed by atoms with Gasteiger partial charge in [0, 0.05) is 24.6 Å². The zero-order chi connectivity index (χ0) is 11.7. The van der Waals surface area contributed by atoms with Gasteiger partial charge in [0.2, 0.25) is 5.91 Å². The van der Waals surface area contributed by atoms with Crippen LogP contribution in [0.1, 0.15) is 17.5 Å². The van der Waals surface area contributed by atoms with E-state index in [2.05, 4.69) is 12.0 Å². The van der Waals surface area contributed by atoms with E-state index >= 15 is 0 Å². The van der Waals surface area contributed by atoms with Crippen LogP contribution < -0.4 is 4.90 Å². The fourth-order valence-corrected chi connectivity index (χ4v) is 2.06. The zero-order valence-electron chi connectivity index (χ0n) is 9.66. The first-order chi connectivity index (χ1) is 7.61. The van der Waals surface area contributed by atoms with Crippen LogP contribution in [0.3, 0.4) is 0 Å². The van der Waals surface area contributed by atoms with Gasteiger partial charge in [-0.15, -0.1) is 12.3 Å². The minimum absolute atomic E-state index is 0.0624. The molecule has 2 rings (SSSR count). The second-order valence-electron chi connectivity index (χ2n) is 4.36. The van der Waals surface area contributed by atoms with Crippen molar-refractivity contribution >= 4 is 11.6 Å². The van der Waals surface area contributed by atoms with Gasteiger partial charge >= 0.3 is 0 Å². The van der Waals surface area contributed by atoms with Crippen LogP contribution >= 0.6 is 0 Å². The maximum absolute atomic E-state index is 11.8. The maximum Gasteiger partial charge on any atom is 0.228 e. The average molecular weight is 213 g/mol. The quantitative estimate of drug-likeness (QED) is 0.655. The standard InChI is InChI=1S/C14H15NO/c1-4-12-8-14(16)15(9-12)13-7-10(2)5-6-11(13)3/h1,5-7,12H,8-9H2,2-3H3. The van der Waals surface area contributed by atoms with Gasteiger partial charge in [-0.1, -0.05) is 12.1 Å². The van der Waals surface area contributed by atoms with E-state index in [4.69, 9.17) is 6.42 Å². The van der Waals surface area contributed by atoms with Crippen LogP contribution in [0.15, 0.2) is 18.2 Å². The third-order valence-corrected chi connectivity index (χ3v) is 3.02. The molecule has 0 aromatic heterocycles. The summed E-state index contributed by atoms with van der Waals surface area (Å²) < 4.78 is 0. The van der Waals surface area contributed by atoms with E-state index in [1.807, 2.05) is 30.9 Å². The molecule has 1 aromatic rings. The second-order valence-corrected chi connectivity index (χ2v) is 4.36. The number of benzene rings is 1. The first kappa shape index (κ1) is 10.8. The molecule has 1 heterocycles. The van der Waals surface area contributed by atoms with Crippen molar-refractivity contribution in [1.82, 2.24) is 0 Å². The molecule has 0 N–H and O–H groups in total. The molecule has 0 bridgehead atoms. The van der Waals surface area contributed by atoms with Crippen LogP contribution in [0, 0.1) is 32.1 Å². The first-order valence-corrected chi connectivity index (χ1v) is 5.45. The van der Waals surface area contributed by atoms with Gasteiger partial charge in [0.15, 0.2) is 0 Å². The summed E-state index contributed by atoms with van der Waals surface area (Å²) in [4.78, 5) is 13.7. The van der Waals surface area contributed by atoms with Crippen LogP contribution in [0.5, 0.6) is 0 Å². The summed E-state index contributed by atoms with van der Waals surface area (Å²) in [5.41, 5.74) is 3.29. The molecule has 1 aromatic carbocycles. The molecule has 1 saturated heterocycles. The SMILES string of the molecule is C#CC1CC(=O)N(c2cc(C)ccc2C)C1. The molecule has 1 aliphatic rings. The summed E-state index contributed by atoms with van der Waals surface area (Å²) in [6, 6.07) is 6.14. The number of rotatable bonds is 1. The van der Waals surface area contributed by atoms with E-state index in [0.717, 1.165) is 16.8 Å². The van der Waals surface area contributed by atoms with Crippen LogP contribution in [-0.4, -0.2) is 12.5 Å². The third kappa shape index (κ3) is 1.81. The number of anilines is 1. The number of aryl methyl sites for hydroxylation is 2. The van der Waals surface area contributed by atoms with Crippen LogP contribution in [0.2, 0.25) is 0 Å². The molecule has 1 amide bonds. The van der Waals surface area contributed by atoms with E-state index in [0.29, 0.717) is 13.0 Å². The predicted molar refractivity (Wildman–Crippen MR) is 65.2 cm³/mol. The van der Waals surface area contributed by atoms with Gasteiger partial charge in [-0.2, -0.15) is 0 Å². The zero-order valence-corrected chi connectivity index (χ0v) is 9.66. The van der Waals surface area contributed by atoms with Crippen molar-refractivity contribution in [3.8, 4) is 12.3 Å². The fourth-order valence-electron chi connectivity index (χ4n) is 2.06. The molecule has 1 atom stereocenters. The average Bonchev–Trinajstić information content (AvgIpc) is 2.63. The molecule has 1 fully saturated rings. The summed E-state index contributed by atoms with van der Waals surface area (Å²) >= 11 is 0. The Morgan fingerprint density at radius 1 is 1.44 bits per heavy atom. The Morgan fingerprint density at radius 2 is 2.19 bits per heavy atom. The summed E-state index contributed by atoms with van der Waals surface area (Å²) in [6.07, 6.45) is 5.85. The largest absolute Gasteiger partial charge is 0.311 e. The minimum atomic E-state index is 0.0624. The lowest BCUT2D eigenvalue weighted by atomic mass is 10.1. The van der Waals surface area contributed by atoms with E-state index in [9.17, 15) is 4.79 Å². The van der Waals surface area contributed by atoms with Crippen molar-refractivity contribution < 1.29 is 4.79 Å². The smallest absolute Gasteiger partial charge is 0.228 e. The third-order valence-electron chi connectivity index (χ3n) is 3.02. The van der Waals surface area contributed by atoms with E-state index in [-0.39, 0.29) is 11.8 Å². The Bertz CT molecular complexity index is 470. The summed E-state index contributed by atoms with van der Waals surface area (Å²) in [5, 5.41) is 0. The molecule has 0 aliphatic carbocycles. The molecular weight excluding hydrogens is 198 g/mol. The summed E-state index contributed by atoms with van der Waals surface area (Å²) in [7, 11) is 0. The monoisotopic (exact) mass is 213 g/mol. The van der Waals surface area contributed by atoms with Crippen molar-refractivity contribution in [3.05, 3.63) is 29.3 Å². The van der Waals surface area contributed by atoms with Gasteiger partial charge in [0.25, 0.3) is 0 Å². The van der Waals surface area contributed by atoms with E-state index in [1.54, 1.807) is 0 Å². The van der Waals surface area contributed by atoms with E-state index < -0.39 is 0 Å². The Morgan fingerprint density at radius 3 is 2.81 bits per heavy atom. The number of nitrogens with zero attached hydrogens (tertiary/aromatic N) is 1. The number of hydrogen-bond donors (Lipinski definition) is 0. The Hall–Kier alpha value is -1.75. The Labute approximate surface area is 96.3 Å². The van der Waals surface area contributed by atoms with Crippen molar-refractivity contribution in [2.45, 2.75) is 20.3 Å². The molecular formula is C14H15NO. The number of carbonyl (C=O) groups excluding carboxylic acids is 1. The molecule has 2 heteroatoms. The van der Waals surface area contributed by atoms with Crippen LogP contribution in [-0.2, 0) is 4.79 Å². The lowest BCUT2D eigenvalue weighted by Crippen LogP contribution is -2.25. The number of amides is 1. The Balaban J connectivity index is 2.35. The van der Waals surface area contributed by atoms with Gasteiger partial charge in [0.05, 0.1) is 0 Å². The molecule has 1 unspecified atom stereocenters. The van der Waals surface area contributed by atoms with Crippen molar-refractivity contribution in [2.75, 3.05) is 11.4 Å². The Kier molecular flexibility index (Phi) is 2.70. The van der Waals surface area contributed by atoms with Crippen molar-refractivity contribution in [3.63, 3.8) is 0 Å². The number of terminal acetylenes is 1. The molecule has 2 nitrogen and oxygen atoms in total. The normalized spacial score (nSPS) is 19.9. The van der Waals surface area contributed by atoms with Gasteiger partial charge in [0.1, 0.15) is 0 Å². The second kappa shape index (κ2) is 4.02. The van der Waals surface area contributed by atoms with Crippen LogP contribution in [0.4, 0.5) is 5.69 Å². The highest BCUT2D eigenvalue weighted by molar-refractivity contribution is 5.96. The number of carbonyl (C=O) groups is 1.